The highest BCUT2D eigenvalue weighted by Gasteiger charge is 2.52. The highest BCUT2D eigenvalue weighted by molar-refractivity contribution is 5.78. The van der Waals surface area contributed by atoms with Crippen molar-refractivity contribution < 1.29 is 23.6 Å². The van der Waals surface area contributed by atoms with Gasteiger partial charge in [-0.05, 0) is 31.2 Å². The Kier molecular flexibility index (Phi) is 8.17. The third-order valence-electron chi connectivity index (χ3n) is 7.74. The van der Waals surface area contributed by atoms with Crippen molar-refractivity contribution in [1.29, 1.82) is 0 Å². The molecule has 5 nitrogen and oxygen atoms in total. The van der Waals surface area contributed by atoms with Gasteiger partial charge in [-0.1, -0.05) is 30.3 Å². The van der Waals surface area contributed by atoms with Crippen molar-refractivity contribution in [1.82, 2.24) is 0 Å². The monoisotopic (exact) mass is 432 g/mol. The predicted octanol–water partition coefficient (Wildman–Crippen LogP) is 3.71. The molecule has 5 heteroatoms. The number of piperidine rings is 1. The lowest BCUT2D eigenvalue weighted by Gasteiger charge is -2.47. The third kappa shape index (κ3) is 6.30. The van der Waals surface area contributed by atoms with Gasteiger partial charge in [-0.2, -0.15) is 0 Å². The molecule has 2 fully saturated rings. The first-order valence-corrected chi connectivity index (χ1v) is 12.2. The molecule has 0 saturated carbocycles. The maximum Gasteiger partial charge on any atom is 0.316 e. The molecule has 0 spiro atoms. The van der Waals surface area contributed by atoms with E-state index < -0.39 is 5.92 Å². The van der Waals surface area contributed by atoms with Crippen molar-refractivity contribution in [3.8, 4) is 0 Å². The lowest BCUT2D eigenvalue weighted by atomic mass is 9.95. The van der Waals surface area contributed by atoms with Crippen molar-refractivity contribution in [3.05, 3.63) is 35.9 Å². The van der Waals surface area contributed by atoms with Gasteiger partial charge in [0.1, 0.15) is 12.0 Å². The summed E-state index contributed by atoms with van der Waals surface area (Å²) in [5, 5.41) is 9.78. The number of nitrogens with zero attached hydrogens (tertiary/aromatic N) is 2. The summed E-state index contributed by atoms with van der Waals surface area (Å²) in [7, 11) is 9.24. The number of rotatable bonds is 11. The van der Waals surface area contributed by atoms with E-state index in [4.69, 9.17) is 4.74 Å². The second-order valence-corrected chi connectivity index (χ2v) is 11.1. The van der Waals surface area contributed by atoms with E-state index in [1.807, 2.05) is 30.3 Å². The molecular formula is C26H44N2O3+2. The van der Waals surface area contributed by atoms with Gasteiger partial charge in [0, 0.05) is 25.7 Å². The minimum atomic E-state index is -0.576. The van der Waals surface area contributed by atoms with Gasteiger partial charge in [-0.3, -0.25) is 4.79 Å². The molecule has 31 heavy (non-hydrogen) atoms. The molecule has 0 aliphatic carbocycles. The summed E-state index contributed by atoms with van der Waals surface area (Å²) in [5.74, 6) is -0.847. The van der Waals surface area contributed by atoms with E-state index in [-0.39, 0.29) is 18.7 Å². The molecule has 3 rings (SSSR count). The summed E-state index contributed by atoms with van der Waals surface area (Å²) >= 11 is 0. The Balaban J connectivity index is 1.47. The molecule has 2 aliphatic rings. The van der Waals surface area contributed by atoms with Gasteiger partial charge in [0.2, 0.25) is 0 Å². The van der Waals surface area contributed by atoms with Crippen LogP contribution in [0.5, 0.6) is 0 Å². The molecule has 2 bridgehead atoms. The van der Waals surface area contributed by atoms with Crippen molar-refractivity contribution >= 4 is 5.97 Å². The Morgan fingerprint density at radius 3 is 2.26 bits per heavy atom. The van der Waals surface area contributed by atoms with Crippen molar-refractivity contribution in [2.75, 3.05) is 47.9 Å². The van der Waals surface area contributed by atoms with E-state index in [0.29, 0.717) is 12.1 Å². The number of hydrogen-bond acceptors (Lipinski definition) is 3. The van der Waals surface area contributed by atoms with E-state index in [9.17, 15) is 9.90 Å². The Hall–Kier alpha value is -1.43. The molecule has 1 aromatic carbocycles. The fourth-order valence-electron chi connectivity index (χ4n) is 5.79. The van der Waals surface area contributed by atoms with Crippen LogP contribution in [0.1, 0.15) is 62.8 Å². The zero-order valence-electron chi connectivity index (χ0n) is 20.1. The van der Waals surface area contributed by atoms with Gasteiger partial charge in [0.25, 0.3) is 0 Å². The summed E-state index contributed by atoms with van der Waals surface area (Å²) in [4.78, 5) is 12.8. The van der Waals surface area contributed by atoms with Crippen LogP contribution >= 0.6 is 0 Å². The standard InChI is InChI=1S/C26H44N2O3/c1-27(2,3)16-10-5-6-11-17-28(4)22-14-15-23(28)19-24(18-22)31-26(30)25(20-29)21-12-8-7-9-13-21/h7-9,12-13,22-25,29H,5-6,10-11,14-20H2,1-4H3/q+2/t22-,23-,24?,25?,28?/m1/s1. The molecule has 0 aromatic heterocycles. The van der Waals surface area contributed by atoms with Crippen LogP contribution in [0.3, 0.4) is 0 Å². The van der Waals surface area contributed by atoms with Crippen LogP contribution in [0.15, 0.2) is 30.3 Å². The van der Waals surface area contributed by atoms with Crippen molar-refractivity contribution in [2.45, 2.75) is 75.5 Å². The fraction of sp³-hybridized carbons (Fsp3) is 0.731. The molecule has 174 valence electrons. The molecule has 3 atom stereocenters. The topological polar surface area (TPSA) is 46.5 Å². The van der Waals surface area contributed by atoms with Crippen molar-refractivity contribution in [3.63, 3.8) is 0 Å². The van der Waals surface area contributed by atoms with E-state index >= 15 is 0 Å². The minimum Gasteiger partial charge on any atom is -0.461 e. The molecule has 1 unspecified atom stereocenters. The quantitative estimate of drug-likeness (QED) is 0.329. The lowest BCUT2D eigenvalue weighted by molar-refractivity contribution is -0.949. The summed E-state index contributed by atoms with van der Waals surface area (Å²) in [6, 6.07) is 10.7. The molecule has 0 radical (unpaired) electrons. The van der Waals surface area contributed by atoms with Crippen LogP contribution in [0.25, 0.3) is 0 Å². The highest BCUT2D eigenvalue weighted by atomic mass is 16.5. The Morgan fingerprint density at radius 1 is 1.06 bits per heavy atom. The van der Waals surface area contributed by atoms with Crippen molar-refractivity contribution in [2.24, 2.45) is 0 Å². The number of esters is 1. The molecular weight excluding hydrogens is 388 g/mol. The number of aliphatic hydroxyl groups excluding tert-OH is 1. The molecule has 0 amide bonds. The fourth-order valence-corrected chi connectivity index (χ4v) is 5.79. The van der Waals surface area contributed by atoms with Crippen LogP contribution < -0.4 is 0 Å². The SMILES string of the molecule is C[N+](C)(C)CCCCCC[N+]1(C)[C@@H]2CC[C@@H]1CC(OC(=O)C(CO)c1ccccc1)C2. The van der Waals surface area contributed by atoms with Gasteiger partial charge >= 0.3 is 5.97 Å². The normalized spacial score (nSPS) is 29.0. The highest BCUT2D eigenvalue weighted by Crippen LogP contribution is 2.42. The van der Waals surface area contributed by atoms with E-state index in [1.165, 1.54) is 56.1 Å². The van der Waals surface area contributed by atoms with Gasteiger partial charge in [0.05, 0.1) is 60.0 Å². The molecule has 2 saturated heterocycles. The van der Waals surface area contributed by atoms with Gasteiger partial charge < -0.3 is 18.8 Å². The van der Waals surface area contributed by atoms with E-state index in [2.05, 4.69) is 28.2 Å². The zero-order valence-corrected chi connectivity index (χ0v) is 20.1. The lowest BCUT2D eigenvalue weighted by Crippen LogP contribution is -2.59. The average molecular weight is 433 g/mol. The first-order chi connectivity index (χ1) is 14.7. The number of hydrogen-bond donors (Lipinski definition) is 1. The number of ether oxygens (including phenoxy) is 1. The Labute approximate surface area is 189 Å². The number of fused-ring (bicyclic) bond motifs is 2. The second-order valence-electron chi connectivity index (χ2n) is 11.1. The number of benzene rings is 1. The summed E-state index contributed by atoms with van der Waals surface area (Å²) in [5.41, 5.74) is 0.833. The number of carbonyl (C=O) groups is 1. The molecule has 1 N–H and O–H groups in total. The van der Waals surface area contributed by atoms with Crippen LogP contribution in [0, 0.1) is 0 Å². The smallest absolute Gasteiger partial charge is 0.316 e. The first kappa shape index (κ1) is 24.2. The number of quaternary nitrogens is 2. The van der Waals surface area contributed by atoms with E-state index in [1.54, 1.807) is 0 Å². The number of aliphatic hydroxyl groups is 1. The molecule has 1 aromatic rings. The van der Waals surface area contributed by atoms with Gasteiger partial charge in [-0.25, -0.2) is 0 Å². The van der Waals surface area contributed by atoms with Crippen LogP contribution in [-0.2, 0) is 9.53 Å². The second kappa shape index (κ2) is 10.5. The first-order valence-electron chi connectivity index (χ1n) is 12.2. The third-order valence-corrected chi connectivity index (χ3v) is 7.74. The number of unbranched alkanes of at least 4 members (excludes halogenated alkanes) is 3. The maximum absolute atomic E-state index is 12.8. The van der Waals surface area contributed by atoms with Crippen LogP contribution in [0.4, 0.5) is 0 Å². The largest absolute Gasteiger partial charge is 0.461 e. The Morgan fingerprint density at radius 2 is 1.68 bits per heavy atom. The van der Waals surface area contributed by atoms with Gasteiger partial charge in [0.15, 0.2) is 0 Å². The van der Waals surface area contributed by atoms with Crippen LogP contribution in [-0.4, -0.2) is 86.1 Å². The Bertz CT molecular complexity index is 686. The minimum absolute atomic E-state index is 0.00137. The average Bonchev–Trinajstić information content (AvgIpc) is 2.88. The summed E-state index contributed by atoms with van der Waals surface area (Å²) < 4.78 is 8.18. The predicted molar refractivity (Wildman–Crippen MR) is 125 cm³/mol. The zero-order chi connectivity index (χ0) is 22.5. The van der Waals surface area contributed by atoms with Gasteiger partial charge in [-0.15, -0.1) is 0 Å². The summed E-state index contributed by atoms with van der Waals surface area (Å²) in [6.07, 6.45) is 9.68. The number of carbonyl (C=O) groups excluding carboxylic acids is 1. The summed E-state index contributed by atoms with van der Waals surface area (Å²) in [6.45, 7) is 2.30. The van der Waals surface area contributed by atoms with Crippen LogP contribution in [0.2, 0.25) is 0 Å². The van der Waals surface area contributed by atoms with E-state index in [0.717, 1.165) is 22.9 Å². The molecule has 2 aliphatic heterocycles. The molecule has 2 heterocycles. The maximum atomic E-state index is 12.8.